The number of benzene rings is 1. The molecule has 2 unspecified atom stereocenters. The molecule has 2 aliphatic heterocycles. The van der Waals surface area contributed by atoms with Gasteiger partial charge in [0.2, 0.25) is 5.91 Å². The highest BCUT2D eigenvalue weighted by atomic mass is 32.2. The Kier molecular flexibility index (Phi) is 4.09. The van der Waals surface area contributed by atoms with Crippen LogP contribution in [0.1, 0.15) is 25.7 Å². The van der Waals surface area contributed by atoms with Gasteiger partial charge in [-0.05, 0) is 37.8 Å². The molecule has 2 heterocycles. The first-order valence-electron chi connectivity index (χ1n) is 7.03. The lowest BCUT2D eigenvalue weighted by Crippen LogP contribution is -2.48. The minimum absolute atomic E-state index is 0.167. The van der Waals surface area contributed by atoms with E-state index in [-0.39, 0.29) is 5.91 Å². The van der Waals surface area contributed by atoms with Crippen molar-refractivity contribution in [3.05, 3.63) is 30.3 Å². The third-order valence-corrected chi connectivity index (χ3v) is 4.96. The second kappa shape index (κ2) is 5.97. The van der Waals surface area contributed by atoms with Crippen molar-refractivity contribution in [2.75, 3.05) is 5.75 Å². The number of amides is 1. The van der Waals surface area contributed by atoms with Crippen LogP contribution < -0.4 is 10.6 Å². The van der Waals surface area contributed by atoms with Gasteiger partial charge in [0.1, 0.15) is 0 Å². The number of piperidine rings is 1. The molecule has 0 saturated carbocycles. The number of carbonyl (C=O) groups excluding carboxylic acids is 1. The largest absolute Gasteiger partial charge is 0.353 e. The van der Waals surface area contributed by atoms with Gasteiger partial charge >= 0.3 is 0 Å². The molecule has 2 bridgehead atoms. The average molecular weight is 276 g/mol. The second-order valence-corrected chi connectivity index (χ2v) is 6.52. The normalized spacial score (nSPS) is 29.2. The average Bonchev–Trinajstić information content (AvgIpc) is 2.77. The Balaban J connectivity index is 1.44. The van der Waals surface area contributed by atoms with Gasteiger partial charge in [-0.3, -0.25) is 4.79 Å². The van der Waals surface area contributed by atoms with Gasteiger partial charge < -0.3 is 10.6 Å². The van der Waals surface area contributed by atoms with Gasteiger partial charge in [0.25, 0.3) is 0 Å². The summed E-state index contributed by atoms with van der Waals surface area (Å²) in [6.07, 6.45) is 4.74. The Morgan fingerprint density at radius 3 is 2.58 bits per heavy atom. The van der Waals surface area contributed by atoms with E-state index in [0.717, 1.165) is 17.7 Å². The molecule has 2 atom stereocenters. The molecule has 4 heteroatoms. The van der Waals surface area contributed by atoms with Crippen molar-refractivity contribution in [3.8, 4) is 0 Å². The summed E-state index contributed by atoms with van der Waals surface area (Å²) < 4.78 is 0. The van der Waals surface area contributed by atoms with Crippen LogP contribution in [0.3, 0.4) is 0 Å². The highest BCUT2D eigenvalue weighted by Crippen LogP contribution is 2.27. The predicted octanol–water partition coefficient (Wildman–Crippen LogP) is 2.18. The van der Waals surface area contributed by atoms with E-state index in [1.807, 2.05) is 30.3 Å². The van der Waals surface area contributed by atoms with E-state index in [1.54, 1.807) is 11.8 Å². The Labute approximate surface area is 118 Å². The molecule has 0 aliphatic carbocycles. The fraction of sp³-hybridized carbons (Fsp3) is 0.533. The van der Waals surface area contributed by atoms with Gasteiger partial charge in [-0.25, -0.2) is 0 Å². The van der Waals surface area contributed by atoms with Crippen LogP contribution in [0.4, 0.5) is 0 Å². The molecule has 1 aromatic rings. The van der Waals surface area contributed by atoms with Gasteiger partial charge in [0.05, 0.1) is 5.75 Å². The molecule has 2 N–H and O–H groups in total. The third-order valence-electron chi connectivity index (χ3n) is 3.95. The maximum absolute atomic E-state index is 12.0. The van der Waals surface area contributed by atoms with Crippen LogP contribution in [-0.2, 0) is 4.79 Å². The van der Waals surface area contributed by atoms with E-state index in [4.69, 9.17) is 0 Å². The van der Waals surface area contributed by atoms with Crippen molar-refractivity contribution < 1.29 is 4.79 Å². The number of carbonyl (C=O) groups is 1. The van der Waals surface area contributed by atoms with Crippen molar-refractivity contribution in [2.24, 2.45) is 0 Å². The van der Waals surface area contributed by atoms with Crippen LogP contribution >= 0.6 is 11.8 Å². The van der Waals surface area contributed by atoms with Crippen molar-refractivity contribution >= 4 is 17.7 Å². The van der Waals surface area contributed by atoms with Crippen molar-refractivity contribution in [1.82, 2.24) is 10.6 Å². The topological polar surface area (TPSA) is 41.1 Å². The number of thioether (sulfide) groups is 1. The molecule has 2 aliphatic rings. The minimum atomic E-state index is 0.167. The summed E-state index contributed by atoms with van der Waals surface area (Å²) in [6.45, 7) is 0. The summed E-state index contributed by atoms with van der Waals surface area (Å²) in [6, 6.07) is 11.7. The fourth-order valence-electron chi connectivity index (χ4n) is 3.11. The third kappa shape index (κ3) is 3.51. The molecule has 0 aromatic heterocycles. The highest BCUT2D eigenvalue weighted by Gasteiger charge is 2.33. The van der Waals surface area contributed by atoms with Gasteiger partial charge in [0, 0.05) is 23.0 Å². The monoisotopic (exact) mass is 276 g/mol. The Morgan fingerprint density at radius 2 is 1.89 bits per heavy atom. The molecule has 1 amide bonds. The number of nitrogens with one attached hydrogen (secondary N) is 2. The first-order chi connectivity index (χ1) is 9.29. The molecular weight excluding hydrogens is 256 g/mol. The van der Waals surface area contributed by atoms with Crippen LogP contribution in [0.5, 0.6) is 0 Å². The smallest absolute Gasteiger partial charge is 0.230 e. The van der Waals surface area contributed by atoms with Gasteiger partial charge in [-0.15, -0.1) is 11.8 Å². The molecule has 2 fully saturated rings. The Hall–Kier alpha value is -1.00. The summed E-state index contributed by atoms with van der Waals surface area (Å²) in [7, 11) is 0. The van der Waals surface area contributed by atoms with E-state index < -0.39 is 0 Å². The minimum Gasteiger partial charge on any atom is -0.353 e. The van der Waals surface area contributed by atoms with Crippen LogP contribution in [0.15, 0.2) is 35.2 Å². The summed E-state index contributed by atoms with van der Waals surface area (Å²) in [4.78, 5) is 13.1. The summed E-state index contributed by atoms with van der Waals surface area (Å²) in [5.74, 6) is 0.684. The highest BCUT2D eigenvalue weighted by molar-refractivity contribution is 8.00. The van der Waals surface area contributed by atoms with E-state index in [9.17, 15) is 4.79 Å². The fourth-order valence-corrected chi connectivity index (χ4v) is 3.84. The lowest BCUT2D eigenvalue weighted by molar-refractivity contribution is -0.119. The van der Waals surface area contributed by atoms with E-state index in [1.165, 1.54) is 12.8 Å². The van der Waals surface area contributed by atoms with Crippen LogP contribution in [0, 0.1) is 0 Å². The molecule has 0 spiro atoms. The zero-order chi connectivity index (χ0) is 13.1. The number of hydrogen-bond acceptors (Lipinski definition) is 3. The molecular formula is C15H20N2OS. The maximum Gasteiger partial charge on any atom is 0.230 e. The molecule has 3 nitrogen and oxygen atoms in total. The molecule has 19 heavy (non-hydrogen) atoms. The van der Waals surface area contributed by atoms with E-state index >= 15 is 0 Å². The van der Waals surface area contributed by atoms with E-state index in [0.29, 0.717) is 23.9 Å². The summed E-state index contributed by atoms with van der Waals surface area (Å²) in [5, 5.41) is 6.79. The predicted molar refractivity (Wildman–Crippen MR) is 78.3 cm³/mol. The van der Waals surface area contributed by atoms with Crippen molar-refractivity contribution in [2.45, 2.75) is 48.7 Å². The zero-order valence-electron chi connectivity index (χ0n) is 11.0. The van der Waals surface area contributed by atoms with Crippen LogP contribution in [0.25, 0.3) is 0 Å². The molecule has 2 saturated heterocycles. The van der Waals surface area contributed by atoms with Gasteiger partial charge in [0.15, 0.2) is 0 Å². The zero-order valence-corrected chi connectivity index (χ0v) is 11.8. The number of hydrogen-bond donors (Lipinski definition) is 2. The van der Waals surface area contributed by atoms with Crippen molar-refractivity contribution in [1.29, 1.82) is 0 Å². The lowest BCUT2D eigenvalue weighted by Gasteiger charge is -2.29. The standard InChI is InChI=1S/C15H20N2OS/c18-15(10-19-14-4-2-1-3-5-14)17-13-8-11-6-7-12(9-13)16-11/h1-5,11-13,16H,6-10H2,(H,17,18). The number of fused-ring (bicyclic) bond motifs is 2. The van der Waals surface area contributed by atoms with Gasteiger partial charge in [-0.2, -0.15) is 0 Å². The maximum atomic E-state index is 12.0. The molecule has 1 aromatic carbocycles. The second-order valence-electron chi connectivity index (χ2n) is 5.48. The summed E-state index contributed by atoms with van der Waals surface area (Å²) >= 11 is 1.61. The van der Waals surface area contributed by atoms with E-state index in [2.05, 4.69) is 10.6 Å². The number of rotatable bonds is 4. The lowest BCUT2D eigenvalue weighted by atomic mass is 10.00. The van der Waals surface area contributed by atoms with Gasteiger partial charge in [-0.1, -0.05) is 18.2 Å². The van der Waals surface area contributed by atoms with Crippen molar-refractivity contribution in [3.63, 3.8) is 0 Å². The molecule has 102 valence electrons. The summed E-state index contributed by atoms with van der Waals surface area (Å²) in [5.41, 5.74) is 0. The first kappa shape index (κ1) is 13.0. The Morgan fingerprint density at radius 1 is 1.21 bits per heavy atom. The van der Waals surface area contributed by atoms with Crippen LogP contribution in [-0.4, -0.2) is 29.8 Å². The quantitative estimate of drug-likeness (QED) is 0.828. The first-order valence-corrected chi connectivity index (χ1v) is 8.01. The molecule has 0 radical (unpaired) electrons. The Bertz CT molecular complexity index is 425. The molecule has 3 rings (SSSR count). The van der Waals surface area contributed by atoms with Crippen LogP contribution in [0.2, 0.25) is 0 Å². The SMILES string of the molecule is O=C(CSc1ccccc1)NC1CC2CCC(C1)N2.